The first-order chi connectivity index (χ1) is 12.1. The molecule has 0 spiro atoms. The van der Waals surface area contributed by atoms with E-state index in [1.807, 2.05) is 38.1 Å². The molecular weight excluding hydrogens is 320 g/mol. The summed E-state index contributed by atoms with van der Waals surface area (Å²) in [6.07, 6.45) is 1.55. The van der Waals surface area contributed by atoms with Crippen LogP contribution in [0.5, 0.6) is 5.75 Å². The molecule has 0 atom stereocenters. The van der Waals surface area contributed by atoms with Crippen molar-refractivity contribution in [2.75, 3.05) is 17.2 Å². The molecule has 2 N–H and O–H groups in total. The minimum Gasteiger partial charge on any atom is -0.484 e. The van der Waals surface area contributed by atoms with Gasteiger partial charge in [0.05, 0.1) is 11.9 Å². The van der Waals surface area contributed by atoms with E-state index < -0.39 is 0 Å². The Balaban J connectivity index is 1.50. The molecule has 7 nitrogen and oxygen atoms in total. The van der Waals surface area contributed by atoms with Gasteiger partial charge in [-0.25, -0.2) is 4.98 Å². The fourth-order valence-corrected chi connectivity index (χ4v) is 2.08. The monoisotopic (exact) mass is 338 g/mol. The van der Waals surface area contributed by atoms with E-state index in [4.69, 9.17) is 9.26 Å². The number of nitrogens with one attached hydrogen (secondary N) is 2. The number of pyridine rings is 1. The van der Waals surface area contributed by atoms with Crippen LogP contribution in [-0.4, -0.2) is 22.7 Å². The van der Waals surface area contributed by atoms with Crippen LogP contribution < -0.4 is 15.4 Å². The Labute approximate surface area is 145 Å². The third kappa shape index (κ3) is 4.81. The summed E-state index contributed by atoms with van der Waals surface area (Å²) in [5.41, 5.74) is 1.72. The number of carbonyl (C=O) groups is 1. The number of carbonyl (C=O) groups excluding carboxylic acids is 1. The summed E-state index contributed by atoms with van der Waals surface area (Å²) in [6.45, 7) is 3.73. The van der Waals surface area contributed by atoms with Crippen molar-refractivity contribution in [3.05, 3.63) is 60.0 Å². The predicted molar refractivity (Wildman–Crippen MR) is 94.1 cm³/mol. The fourth-order valence-electron chi connectivity index (χ4n) is 2.08. The van der Waals surface area contributed by atoms with Gasteiger partial charge in [-0.3, -0.25) is 4.79 Å². The molecule has 2 heterocycles. The molecule has 3 aromatic rings. The normalized spacial score (nSPS) is 10.3. The number of hydrogen-bond donors (Lipinski definition) is 2. The molecule has 0 unspecified atom stereocenters. The van der Waals surface area contributed by atoms with Crippen molar-refractivity contribution < 1.29 is 14.1 Å². The van der Waals surface area contributed by atoms with E-state index in [1.54, 1.807) is 24.4 Å². The molecule has 0 radical (unpaired) electrons. The van der Waals surface area contributed by atoms with Gasteiger partial charge in [0.15, 0.2) is 12.4 Å². The molecule has 0 aliphatic rings. The van der Waals surface area contributed by atoms with Crippen LogP contribution >= 0.6 is 0 Å². The van der Waals surface area contributed by atoms with Gasteiger partial charge in [-0.15, -0.1) is 0 Å². The van der Waals surface area contributed by atoms with Crippen LogP contribution in [0.3, 0.4) is 0 Å². The van der Waals surface area contributed by atoms with Gasteiger partial charge in [0.2, 0.25) is 0 Å². The molecule has 3 rings (SSSR count). The number of nitrogens with zero attached hydrogens (tertiary/aromatic N) is 2. The number of anilines is 3. The minimum atomic E-state index is -0.254. The molecule has 0 fully saturated rings. The second kappa shape index (κ2) is 7.48. The average Bonchev–Trinajstić information content (AvgIpc) is 3.01. The lowest BCUT2D eigenvalue weighted by Gasteiger charge is -2.08. The van der Waals surface area contributed by atoms with E-state index in [0.717, 1.165) is 5.56 Å². The Morgan fingerprint density at radius 1 is 1.12 bits per heavy atom. The van der Waals surface area contributed by atoms with Crippen molar-refractivity contribution in [3.63, 3.8) is 0 Å². The lowest BCUT2D eigenvalue weighted by Crippen LogP contribution is -2.20. The van der Waals surface area contributed by atoms with E-state index in [-0.39, 0.29) is 12.5 Å². The largest absolute Gasteiger partial charge is 0.484 e. The lowest BCUT2D eigenvalue weighted by atomic mass is 10.2. The Hall–Kier alpha value is -3.35. The van der Waals surface area contributed by atoms with Crippen LogP contribution in [0.4, 0.5) is 17.3 Å². The van der Waals surface area contributed by atoms with E-state index in [1.165, 1.54) is 0 Å². The summed E-state index contributed by atoms with van der Waals surface area (Å²) in [5.74, 6) is 2.28. The van der Waals surface area contributed by atoms with Crippen LogP contribution in [0.1, 0.15) is 11.3 Å². The van der Waals surface area contributed by atoms with Crippen molar-refractivity contribution in [3.8, 4) is 5.75 Å². The van der Waals surface area contributed by atoms with Gasteiger partial charge in [0.1, 0.15) is 17.3 Å². The molecule has 128 valence electrons. The van der Waals surface area contributed by atoms with Crippen molar-refractivity contribution >= 4 is 23.2 Å². The average molecular weight is 338 g/mol. The van der Waals surface area contributed by atoms with Crippen LogP contribution in [-0.2, 0) is 4.79 Å². The molecule has 2 aromatic heterocycles. The summed E-state index contributed by atoms with van der Waals surface area (Å²) >= 11 is 0. The van der Waals surface area contributed by atoms with Crippen molar-refractivity contribution in [1.29, 1.82) is 0 Å². The van der Waals surface area contributed by atoms with Crippen molar-refractivity contribution in [2.24, 2.45) is 0 Å². The first-order valence-electron chi connectivity index (χ1n) is 7.74. The number of ether oxygens (including phenoxy) is 1. The van der Waals surface area contributed by atoms with Gasteiger partial charge in [0.25, 0.3) is 5.91 Å². The maximum Gasteiger partial charge on any atom is 0.262 e. The van der Waals surface area contributed by atoms with Crippen LogP contribution in [0.2, 0.25) is 0 Å². The lowest BCUT2D eigenvalue weighted by molar-refractivity contribution is -0.118. The number of aromatic nitrogens is 2. The first kappa shape index (κ1) is 16.5. The Morgan fingerprint density at radius 3 is 2.56 bits per heavy atom. The summed E-state index contributed by atoms with van der Waals surface area (Å²) in [6, 6.07) is 12.8. The topological polar surface area (TPSA) is 89.3 Å². The van der Waals surface area contributed by atoms with Crippen molar-refractivity contribution in [2.45, 2.75) is 13.8 Å². The van der Waals surface area contributed by atoms with Gasteiger partial charge >= 0.3 is 0 Å². The van der Waals surface area contributed by atoms with Gasteiger partial charge in [0, 0.05) is 6.07 Å². The standard InChI is InChI=1S/C18H18N4O3/c1-12-3-6-15(7-4-12)24-11-18(23)20-14-5-8-16(19-10-14)21-17-9-13(2)25-22-17/h3-10H,11H2,1-2H3,(H,20,23)(H,19,21,22). The Morgan fingerprint density at radius 2 is 1.92 bits per heavy atom. The quantitative estimate of drug-likeness (QED) is 0.715. The second-order valence-corrected chi connectivity index (χ2v) is 5.53. The van der Waals surface area contributed by atoms with Gasteiger partial charge < -0.3 is 19.9 Å². The molecule has 7 heteroatoms. The third-order valence-corrected chi connectivity index (χ3v) is 3.32. The SMILES string of the molecule is Cc1ccc(OCC(=O)Nc2ccc(Nc3cc(C)on3)nc2)cc1. The number of amides is 1. The summed E-state index contributed by atoms with van der Waals surface area (Å²) < 4.78 is 10.4. The van der Waals surface area contributed by atoms with E-state index in [9.17, 15) is 4.79 Å². The molecule has 0 aliphatic heterocycles. The Bertz CT molecular complexity index is 842. The maximum atomic E-state index is 11.9. The highest BCUT2D eigenvalue weighted by molar-refractivity contribution is 5.91. The van der Waals surface area contributed by atoms with Crippen molar-refractivity contribution in [1.82, 2.24) is 10.1 Å². The molecule has 1 aromatic carbocycles. The third-order valence-electron chi connectivity index (χ3n) is 3.32. The van der Waals surface area contributed by atoms with Gasteiger partial charge in [-0.1, -0.05) is 22.9 Å². The molecule has 25 heavy (non-hydrogen) atoms. The number of benzene rings is 1. The molecule has 0 saturated carbocycles. The zero-order valence-corrected chi connectivity index (χ0v) is 13.9. The number of hydrogen-bond acceptors (Lipinski definition) is 6. The zero-order valence-electron chi connectivity index (χ0n) is 13.9. The highest BCUT2D eigenvalue weighted by Crippen LogP contribution is 2.16. The van der Waals surface area contributed by atoms with Gasteiger partial charge in [-0.05, 0) is 38.1 Å². The number of aryl methyl sites for hydroxylation is 2. The summed E-state index contributed by atoms with van der Waals surface area (Å²) in [4.78, 5) is 16.1. The van der Waals surface area contributed by atoms with Gasteiger partial charge in [-0.2, -0.15) is 0 Å². The molecule has 1 amide bonds. The highest BCUT2D eigenvalue weighted by atomic mass is 16.5. The number of rotatable bonds is 6. The predicted octanol–water partition coefficient (Wildman–Crippen LogP) is 3.45. The van der Waals surface area contributed by atoms with Crippen LogP contribution in [0.25, 0.3) is 0 Å². The molecule has 0 bridgehead atoms. The first-order valence-corrected chi connectivity index (χ1v) is 7.74. The van der Waals surface area contributed by atoms with Crippen LogP contribution in [0, 0.1) is 13.8 Å². The van der Waals surface area contributed by atoms with E-state index in [0.29, 0.717) is 28.8 Å². The zero-order chi connectivity index (χ0) is 17.6. The highest BCUT2D eigenvalue weighted by Gasteiger charge is 2.05. The van der Waals surface area contributed by atoms with E-state index >= 15 is 0 Å². The van der Waals surface area contributed by atoms with E-state index in [2.05, 4.69) is 20.8 Å². The molecule has 0 saturated heterocycles. The maximum absolute atomic E-state index is 11.9. The Kier molecular flexibility index (Phi) is 4.94. The second-order valence-electron chi connectivity index (χ2n) is 5.53. The van der Waals surface area contributed by atoms with Crippen LogP contribution in [0.15, 0.2) is 53.2 Å². The minimum absolute atomic E-state index is 0.0682. The summed E-state index contributed by atoms with van der Waals surface area (Å²) in [5, 5.41) is 9.56. The fraction of sp³-hybridized carbons (Fsp3) is 0.167. The molecule has 0 aliphatic carbocycles. The smallest absolute Gasteiger partial charge is 0.262 e. The molecular formula is C18H18N4O3. The summed E-state index contributed by atoms with van der Waals surface area (Å²) in [7, 11) is 0.